The van der Waals surface area contributed by atoms with E-state index in [1.54, 1.807) is 42.5 Å². The molecule has 0 unspecified atom stereocenters. The van der Waals surface area contributed by atoms with E-state index in [2.05, 4.69) is 15.8 Å². The van der Waals surface area contributed by atoms with E-state index in [0.717, 1.165) is 11.1 Å². The Hall–Kier alpha value is -4.19. The molecule has 6 heteroatoms. The Morgan fingerprint density at radius 2 is 1.52 bits per heavy atom. The zero-order chi connectivity index (χ0) is 20.5. The summed E-state index contributed by atoms with van der Waals surface area (Å²) in [6, 6.07) is 22.4. The van der Waals surface area contributed by atoms with Gasteiger partial charge in [0.25, 0.3) is 5.91 Å². The van der Waals surface area contributed by atoms with E-state index in [9.17, 15) is 14.7 Å². The van der Waals surface area contributed by atoms with Gasteiger partial charge in [0.05, 0.1) is 6.21 Å². The van der Waals surface area contributed by atoms with Crippen molar-refractivity contribution >= 4 is 29.8 Å². The molecule has 0 fully saturated rings. The molecule has 0 aliphatic carbocycles. The van der Waals surface area contributed by atoms with Crippen LogP contribution in [0.5, 0.6) is 5.75 Å². The molecule has 0 aliphatic heterocycles. The lowest BCUT2D eigenvalue weighted by Gasteiger charge is -2.04. The highest BCUT2D eigenvalue weighted by atomic mass is 16.3. The number of carbonyl (C=O) groups excluding carboxylic acids is 2. The van der Waals surface area contributed by atoms with Gasteiger partial charge >= 0.3 is 0 Å². The summed E-state index contributed by atoms with van der Waals surface area (Å²) in [5.74, 6) is -0.472. The zero-order valence-electron chi connectivity index (χ0n) is 15.4. The van der Waals surface area contributed by atoms with Crippen molar-refractivity contribution in [3.05, 3.63) is 102 Å². The third-order valence-corrected chi connectivity index (χ3v) is 3.91. The number of hydrogen-bond acceptors (Lipinski definition) is 4. The van der Waals surface area contributed by atoms with Crippen molar-refractivity contribution < 1.29 is 14.7 Å². The van der Waals surface area contributed by atoms with E-state index in [-0.39, 0.29) is 17.6 Å². The van der Waals surface area contributed by atoms with Crippen LogP contribution in [0.1, 0.15) is 21.5 Å². The monoisotopic (exact) mass is 385 g/mol. The largest absolute Gasteiger partial charge is 0.508 e. The fourth-order valence-electron chi connectivity index (χ4n) is 2.42. The number of nitrogens with zero attached hydrogens (tertiary/aromatic N) is 1. The molecule has 0 heterocycles. The standard InChI is InChI=1S/C23H19N3O3/c27-21-13-6-18(7-14-21)16-24-26-23(29)19-9-11-20(12-10-19)25-22(28)15-8-17-4-2-1-3-5-17/h1-16,27H,(H,25,28)(H,26,29)/b15-8+,24-16-. The van der Waals surface area contributed by atoms with Crippen molar-refractivity contribution in [2.45, 2.75) is 0 Å². The molecule has 0 saturated heterocycles. The minimum atomic E-state index is -0.373. The molecular formula is C23H19N3O3. The Kier molecular flexibility index (Phi) is 6.52. The van der Waals surface area contributed by atoms with E-state index < -0.39 is 0 Å². The van der Waals surface area contributed by atoms with Gasteiger partial charge in [-0.1, -0.05) is 30.3 Å². The molecule has 6 nitrogen and oxygen atoms in total. The number of nitrogens with one attached hydrogen (secondary N) is 2. The normalized spacial score (nSPS) is 10.9. The molecule has 0 bridgehead atoms. The van der Waals surface area contributed by atoms with Crippen LogP contribution in [-0.2, 0) is 4.79 Å². The number of phenols is 1. The molecule has 0 aliphatic rings. The van der Waals surface area contributed by atoms with Gasteiger partial charge in [-0.2, -0.15) is 5.10 Å². The van der Waals surface area contributed by atoms with Crippen molar-refractivity contribution in [2.24, 2.45) is 5.10 Å². The van der Waals surface area contributed by atoms with Gasteiger partial charge in [-0.05, 0) is 65.7 Å². The lowest BCUT2D eigenvalue weighted by molar-refractivity contribution is -0.111. The van der Waals surface area contributed by atoms with Gasteiger partial charge in [0.2, 0.25) is 5.91 Å². The first-order chi connectivity index (χ1) is 14.1. The van der Waals surface area contributed by atoms with Gasteiger partial charge in [-0.15, -0.1) is 0 Å². The maximum atomic E-state index is 12.1. The maximum absolute atomic E-state index is 12.1. The molecule has 144 valence electrons. The van der Waals surface area contributed by atoms with Gasteiger partial charge in [-0.25, -0.2) is 5.43 Å². The second-order valence-corrected chi connectivity index (χ2v) is 6.10. The van der Waals surface area contributed by atoms with Gasteiger partial charge < -0.3 is 10.4 Å². The van der Waals surface area contributed by atoms with E-state index in [1.165, 1.54) is 24.4 Å². The topological polar surface area (TPSA) is 90.8 Å². The molecule has 3 aromatic carbocycles. The Morgan fingerprint density at radius 3 is 2.21 bits per heavy atom. The third-order valence-electron chi connectivity index (χ3n) is 3.91. The summed E-state index contributed by atoms with van der Waals surface area (Å²) in [5, 5.41) is 15.9. The van der Waals surface area contributed by atoms with Crippen LogP contribution in [0.15, 0.2) is 90.0 Å². The van der Waals surface area contributed by atoms with Crippen molar-refractivity contribution in [3.8, 4) is 5.75 Å². The molecule has 3 aromatic rings. The summed E-state index contributed by atoms with van der Waals surface area (Å²) in [6.45, 7) is 0. The van der Waals surface area contributed by atoms with Crippen LogP contribution in [0, 0.1) is 0 Å². The van der Waals surface area contributed by atoms with Gasteiger partial charge in [-0.3, -0.25) is 9.59 Å². The molecule has 3 N–H and O–H groups in total. The van der Waals surface area contributed by atoms with E-state index in [4.69, 9.17) is 0 Å². The summed E-state index contributed by atoms with van der Waals surface area (Å²) in [4.78, 5) is 24.1. The van der Waals surface area contributed by atoms with Crippen molar-refractivity contribution in [1.29, 1.82) is 0 Å². The Balaban J connectivity index is 1.52. The summed E-state index contributed by atoms with van der Waals surface area (Å²) in [5.41, 5.74) is 5.09. The number of aromatic hydroxyl groups is 1. The van der Waals surface area contributed by atoms with Crippen LogP contribution in [0.3, 0.4) is 0 Å². The van der Waals surface area contributed by atoms with Crippen LogP contribution in [-0.4, -0.2) is 23.1 Å². The fourth-order valence-corrected chi connectivity index (χ4v) is 2.42. The number of phenolic OH excluding ortho intramolecular Hbond substituents is 1. The van der Waals surface area contributed by atoms with Crippen LogP contribution < -0.4 is 10.7 Å². The first kappa shape index (κ1) is 19.6. The highest BCUT2D eigenvalue weighted by Crippen LogP contribution is 2.11. The highest BCUT2D eigenvalue weighted by molar-refractivity contribution is 6.02. The molecule has 0 atom stereocenters. The number of hydrogen-bond donors (Lipinski definition) is 3. The number of amides is 2. The predicted molar refractivity (Wildman–Crippen MR) is 114 cm³/mol. The SMILES string of the molecule is O=C(/C=C/c1ccccc1)Nc1ccc(C(=O)N/N=C\c2ccc(O)cc2)cc1. The van der Waals surface area contributed by atoms with E-state index in [1.807, 2.05) is 30.3 Å². The summed E-state index contributed by atoms with van der Waals surface area (Å²) in [6.07, 6.45) is 4.66. The molecule has 29 heavy (non-hydrogen) atoms. The first-order valence-electron chi connectivity index (χ1n) is 8.87. The van der Waals surface area contributed by atoms with Crippen LogP contribution in [0.25, 0.3) is 6.08 Å². The molecule has 2 amide bonds. The van der Waals surface area contributed by atoms with Gasteiger partial charge in [0.1, 0.15) is 5.75 Å². The number of hydrazone groups is 1. The molecule has 0 saturated carbocycles. The van der Waals surface area contributed by atoms with Crippen LogP contribution in [0.4, 0.5) is 5.69 Å². The van der Waals surface area contributed by atoms with Crippen molar-refractivity contribution in [2.75, 3.05) is 5.32 Å². The molecule has 0 aromatic heterocycles. The third kappa shape index (κ3) is 6.18. The fraction of sp³-hybridized carbons (Fsp3) is 0. The van der Waals surface area contributed by atoms with Gasteiger partial charge in [0, 0.05) is 17.3 Å². The molecular weight excluding hydrogens is 366 g/mol. The second kappa shape index (κ2) is 9.66. The Morgan fingerprint density at radius 1 is 0.828 bits per heavy atom. The van der Waals surface area contributed by atoms with Crippen LogP contribution in [0.2, 0.25) is 0 Å². The summed E-state index contributed by atoms with van der Waals surface area (Å²) >= 11 is 0. The summed E-state index contributed by atoms with van der Waals surface area (Å²) in [7, 11) is 0. The van der Waals surface area contributed by atoms with Gasteiger partial charge in [0.15, 0.2) is 0 Å². The number of benzene rings is 3. The average molecular weight is 385 g/mol. The second-order valence-electron chi connectivity index (χ2n) is 6.10. The van der Waals surface area contributed by atoms with Crippen LogP contribution >= 0.6 is 0 Å². The van der Waals surface area contributed by atoms with E-state index >= 15 is 0 Å². The lowest BCUT2D eigenvalue weighted by atomic mass is 10.2. The first-order valence-corrected chi connectivity index (χ1v) is 8.87. The Labute approximate surface area is 168 Å². The maximum Gasteiger partial charge on any atom is 0.271 e. The van der Waals surface area contributed by atoms with E-state index in [0.29, 0.717) is 11.3 Å². The number of carbonyl (C=O) groups is 2. The molecule has 3 rings (SSSR count). The number of anilines is 1. The average Bonchev–Trinajstić information content (AvgIpc) is 2.75. The molecule has 0 spiro atoms. The summed E-state index contributed by atoms with van der Waals surface area (Å²) < 4.78 is 0. The van der Waals surface area contributed by atoms with Crippen molar-refractivity contribution in [1.82, 2.24) is 5.43 Å². The quantitative estimate of drug-likeness (QED) is 0.342. The smallest absolute Gasteiger partial charge is 0.271 e. The minimum Gasteiger partial charge on any atom is -0.508 e. The number of rotatable bonds is 6. The Bertz CT molecular complexity index is 1030. The van der Waals surface area contributed by atoms with Crippen molar-refractivity contribution in [3.63, 3.8) is 0 Å². The highest BCUT2D eigenvalue weighted by Gasteiger charge is 2.05. The predicted octanol–water partition coefficient (Wildman–Crippen LogP) is 3.81. The minimum absolute atomic E-state index is 0.161. The molecule has 0 radical (unpaired) electrons. The lowest BCUT2D eigenvalue weighted by Crippen LogP contribution is -2.17. The zero-order valence-corrected chi connectivity index (χ0v) is 15.4.